The minimum atomic E-state index is -1.30. The van der Waals surface area contributed by atoms with Gasteiger partial charge in [-0.3, -0.25) is 29.0 Å². The third-order valence-electron chi connectivity index (χ3n) is 7.59. The van der Waals surface area contributed by atoms with Crippen LogP contribution in [0.5, 0.6) is 0 Å². The van der Waals surface area contributed by atoms with Gasteiger partial charge in [0.1, 0.15) is 23.7 Å². The number of benzene rings is 1. The average molecular weight is 615 g/mol. The van der Waals surface area contributed by atoms with Gasteiger partial charge in [0.2, 0.25) is 29.5 Å². The minimum absolute atomic E-state index is 0.254. The van der Waals surface area contributed by atoms with E-state index in [9.17, 15) is 24.0 Å². The van der Waals surface area contributed by atoms with Crippen LogP contribution >= 0.6 is 0 Å². The van der Waals surface area contributed by atoms with E-state index in [1.165, 1.54) is 0 Å². The molecule has 13 heteroatoms. The molecule has 0 bridgehead atoms. The van der Waals surface area contributed by atoms with Gasteiger partial charge in [0.25, 0.3) is 0 Å². The van der Waals surface area contributed by atoms with Crippen LogP contribution in [0.2, 0.25) is 0 Å². The molecule has 2 rings (SSSR count). The molecule has 1 aromatic rings. The summed E-state index contributed by atoms with van der Waals surface area (Å²) in [6, 6.07) is 6.01. The van der Waals surface area contributed by atoms with E-state index in [2.05, 4.69) is 42.2 Å². The van der Waals surface area contributed by atoms with E-state index in [4.69, 9.17) is 0 Å². The number of carbonyl (C=O) groups excluding carboxylic acids is 5. The lowest BCUT2D eigenvalue weighted by molar-refractivity contribution is -0.137. The van der Waals surface area contributed by atoms with Gasteiger partial charge in [-0.2, -0.15) is 0 Å². The fourth-order valence-corrected chi connectivity index (χ4v) is 4.76. The lowest BCUT2D eigenvalue weighted by Gasteiger charge is -2.33. The third-order valence-corrected chi connectivity index (χ3v) is 7.59. The van der Waals surface area contributed by atoms with Gasteiger partial charge in [0.15, 0.2) is 5.96 Å². The summed E-state index contributed by atoms with van der Waals surface area (Å²) in [5.41, 5.74) is -0.694. The number of amides is 5. The molecule has 1 fully saturated rings. The highest BCUT2D eigenvalue weighted by Crippen LogP contribution is 2.18. The van der Waals surface area contributed by atoms with Crippen LogP contribution in [0, 0.1) is 5.92 Å². The maximum atomic E-state index is 13.7. The Morgan fingerprint density at radius 2 is 1.68 bits per heavy atom. The summed E-state index contributed by atoms with van der Waals surface area (Å²) >= 11 is 0. The van der Waals surface area contributed by atoms with Gasteiger partial charge in [0, 0.05) is 33.1 Å². The quantitative estimate of drug-likeness (QED) is 0.127. The van der Waals surface area contributed by atoms with Gasteiger partial charge < -0.3 is 37.2 Å². The van der Waals surface area contributed by atoms with Crippen LogP contribution in [0.25, 0.3) is 0 Å². The second-order valence-corrected chi connectivity index (χ2v) is 11.5. The normalized spacial score (nSPS) is 24.4. The van der Waals surface area contributed by atoms with Crippen molar-refractivity contribution in [2.75, 3.05) is 27.2 Å². The Balaban J connectivity index is 2.40. The summed E-state index contributed by atoms with van der Waals surface area (Å²) in [6.45, 7) is 7.66. The lowest BCUT2D eigenvalue weighted by Crippen LogP contribution is -2.62. The molecule has 1 aliphatic heterocycles. The second kappa shape index (κ2) is 17.8. The number of hydrogen-bond acceptors (Lipinski definition) is 6. The van der Waals surface area contributed by atoms with Gasteiger partial charge in [-0.25, -0.2) is 0 Å². The largest absolute Gasteiger partial charge is 0.359 e. The van der Waals surface area contributed by atoms with E-state index in [1.807, 2.05) is 6.07 Å². The topological polar surface area (TPSA) is 182 Å². The van der Waals surface area contributed by atoms with Crippen molar-refractivity contribution in [1.29, 1.82) is 0 Å². The molecule has 4 atom stereocenters. The number of carbonyl (C=O) groups is 5. The molecule has 44 heavy (non-hydrogen) atoms. The molecule has 0 aliphatic carbocycles. The van der Waals surface area contributed by atoms with Crippen LogP contribution < -0.4 is 37.2 Å². The Morgan fingerprint density at radius 1 is 1.00 bits per heavy atom. The Labute approximate surface area is 260 Å². The number of rotatable bonds is 8. The average Bonchev–Trinajstić information content (AvgIpc) is 3.01. The Morgan fingerprint density at radius 3 is 2.30 bits per heavy atom. The van der Waals surface area contributed by atoms with E-state index in [0.717, 1.165) is 0 Å². The highest BCUT2D eigenvalue weighted by Gasteiger charge is 2.38. The summed E-state index contributed by atoms with van der Waals surface area (Å²) in [4.78, 5) is 70.8. The number of hydrogen-bond donors (Lipinski definition) is 7. The van der Waals surface area contributed by atoms with Crippen molar-refractivity contribution in [2.45, 2.75) is 89.9 Å². The van der Waals surface area contributed by atoms with Crippen LogP contribution in [0.1, 0.15) is 77.8 Å². The molecule has 0 aromatic heterocycles. The zero-order chi connectivity index (χ0) is 32.7. The Hall–Kier alpha value is -4.16. The van der Waals surface area contributed by atoms with Crippen LogP contribution in [-0.4, -0.2) is 80.3 Å². The predicted octanol–water partition coefficient (Wildman–Crippen LogP) is 0.630. The van der Waals surface area contributed by atoms with E-state index < -0.39 is 41.4 Å². The molecule has 0 saturated carbocycles. The zero-order valence-corrected chi connectivity index (χ0v) is 26.8. The first kappa shape index (κ1) is 36.0. The molecule has 4 unspecified atom stereocenters. The Bertz CT molecular complexity index is 1160. The van der Waals surface area contributed by atoms with Crippen molar-refractivity contribution in [1.82, 2.24) is 37.2 Å². The van der Waals surface area contributed by atoms with Gasteiger partial charge >= 0.3 is 0 Å². The van der Waals surface area contributed by atoms with Gasteiger partial charge in [0.05, 0.1) is 0 Å². The molecule has 244 valence electrons. The summed E-state index contributed by atoms with van der Waals surface area (Å²) in [5.74, 6) is -2.00. The van der Waals surface area contributed by atoms with Crippen molar-refractivity contribution in [3.05, 3.63) is 35.9 Å². The molecule has 7 N–H and O–H groups in total. The Kier molecular flexibility index (Phi) is 14.6. The molecule has 5 amide bonds. The molecule has 1 heterocycles. The first-order valence-corrected chi connectivity index (χ1v) is 15.4. The first-order chi connectivity index (χ1) is 20.9. The lowest BCUT2D eigenvalue weighted by atomic mass is 9.91. The molecule has 0 radical (unpaired) electrons. The predicted molar refractivity (Wildman–Crippen MR) is 169 cm³/mol. The second-order valence-electron chi connectivity index (χ2n) is 11.5. The summed E-state index contributed by atoms with van der Waals surface area (Å²) in [6.07, 6.45) is 2.33. The number of aliphatic imine (C=N–C) groups is 1. The van der Waals surface area contributed by atoms with Crippen molar-refractivity contribution in [3.63, 3.8) is 0 Å². The number of nitrogens with zero attached hydrogens (tertiary/aromatic N) is 1. The summed E-state index contributed by atoms with van der Waals surface area (Å²) in [7, 11) is 3.38. The first-order valence-electron chi connectivity index (χ1n) is 15.4. The molecule has 1 saturated heterocycles. The van der Waals surface area contributed by atoms with Crippen molar-refractivity contribution >= 4 is 35.5 Å². The zero-order valence-electron chi connectivity index (χ0n) is 26.8. The molecular weight excluding hydrogens is 564 g/mol. The van der Waals surface area contributed by atoms with Gasteiger partial charge in [-0.1, -0.05) is 51.1 Å². The molecule has 1 aromatic carbocycles. The van der Waals surface area contributed by atoms with Crippen LogP contribution in [0.15, 0.2) is 35.3 Å². The fourth-order valence-electron chi connectivity index (χ4n) is 4.76. The SMILES string of the molecule is CCC1NC(=O)C(CCCNC(=NC)NC)NC(=O)C(C)(NC(=O)C(C)C)CCCCNC(=O)C(c2ccccc2)NC1=O. The van der Waals surface area contributed by atoms with Crippen LogP contribution in [-0.2, 0) is 24.0 Å². The van der Waals surface area contributed by atoms with E-state index in [1.54, 1.807) is 66.1 Å². The standard InChI is InChI=1S/C31H50N8O5/c1-7-22-26(41)38-24(21-14-9-8-10-15-21)28(43)34-18-12-11-17-31(4,39-25(40)20(2)3)29(44)37-23(27(42)36-22)16-13-19-35-30(32-5)33-6/h8-10,14-15,20,22-24H,7,11-13,16-19H2,1-6H3,(H,34,43)(H,36,42)(H,37,44)(H,38,41)(H,39,40)(H2,32,33,35). The van der Waals surface area contributed by atoms with Crippen molar-refractivity contribution in [2.24, 2.45) is 10.9 Å². The van der Waals surface area contributed by atoms with Crippen molar-refractivity contribution < 1.29 is 24.0 Å². The van der Waals surface area contributed by atoms with E-state index in [0.29, 0.717) is 43.9 Å². The molecule has 0 spiro atoms. The summed E-state index contributed by atoms with van der Waals surface area (Å²) < 4.78 is 0. The van der Waals surface area contributed by atoms with Gasteiger partial charge in [-0.15, -0.1) is 0 Å². The van der Waals surface area contributed by atoms with Gasteiger partial charge in [-0.05, 0) is 51.0 Å². The number of guanidine groups is 1. The molecular formula is C31H50N8O5. The summed E-state index contributed by atoms with van der Waals surface area (Å²) in [5, 5.41) is 20.2. The van der Waals surface area contributed by atoms with Crippen molar-refractivity contribution in [3.8, 4) is 0 Å². The van der Waals surface area contributed by atoms with Crippen LogP contribution in [0.4, 0.5) is 0 Å². The molecule has 1 aliphatic rings. The van der Waals surface area contributed by atoms with E-state index >= 15 is 0 Å². The van der Waals surface area contributed by atoms with E-state index in [-0.39, 0.29) is 37.0 Å². The number of nitrogens with one attached hydrogen (secondary N) is 7. The van der Waals surface area contributed by atoms with Crippen LogP contribution in [0.3, 0.4) is 0 Å². The third kappa shape index (κ3) is 10.8. The maximum Gasteiger partial charge on any atom is 0.247 e. The smallest absolute Gasteiger partial charge is 0.247 e. The monoisotopic (exact) mass is 614 g/mol. The fraction of sp³-hybridized carbons (Fsp3) is 0.613. The molecule has 13 nitrogen and oxygen atoms in total. The highest BCUT2D eigenvalue weighted by atomic mass is 16.2. The highest BCUT2D eigenvalue weighted by molar-refractivity contribution is 5.97. The maximum absolute atomic E-state index is 13.7. The minimum Gasteiger partial charge on any atom is -0.359 e.